The summed E-state index contributed by atoms with van der Waals surface area (Å²) in [6.45, 7) is 2.43. The summed E-state index contributed by atoms with van der Waals surface area (Å²) in [5.74, 6) is -0.487. The van der Waals surface area contributed by atoms with Crippen LogP contribution in [0.15, 0.2) is 54.6 Å². The first kappa shape index (κ1) is 18.2. The molecule has 2 aromatic rings. The van der Waals surface area contributed by atoms with Crippen LogP contribution >= 0.6 is 0 Å². The molecule has 3 amide bonds. The minimum absolute atomic E-state index is 0.0774. The molecule has 0 heterocycles. The van der Waals surface area contributed by atoms with Crippen LogP contribution in [0, 0.1) is 0 Å². The van der Waals surface area contributed by atoms with Crippen LogP contribution in [0.1, 0.15) is 34.1 Å². The summed E-state index contributed by atoms with van der Waals surface area (Å²) in [6.07, 6.45) is 0.400. The summed E-state index contributed by atoms with van der Waals surface area (Å²) in [5.41, 5.74) is 1.72. The van der Waals surface area contributed by atoms with Crippen molar-refractivity contribution in [3.63, 3.8) is 0 Å². The molecule has 0 aliphatic carbocycles. The Bertz CT molecular complexity index is 727. The van der Waals surface area contributed by atoms with Crippen LogP contribution in [0.5, 0.6) is 0 Å². The van der Waals surface area contributed by atoms with E-state index in [1.807, 2.05) is 6.07 Å². The second-order valence-corrected chi connectivity index (χ2v) is 5.36. The molecule has 0 fully saturated rings. The highest BCUT2D eigenvalue weighted by Crippen LogP contribution is 2.09. The molecule has 3 N–H and O–H groups in total. The zero-order chi connectivity index (χ0) is 18.1. The molecule has 0 aromatic heterocycles. The van der Waals surface area contributed by atoms with E-state index >= 15 is 0 Å². The minimum Gasteiger partial charge on any atom is -0.350 e. The van der Waals surface area contributed by atoms with Gasteiger partial charge in [-0.2, -0.15) is 0 Å². The van der Waals surface area contributed by atoms with Crippen molar-refractivity contribution in [1.82, 2.24) is 10.6 Å². The number of rotatable bonds is 7. The maximum Gasteiger partial charge on any atom is 0.251 e. The van der Waals surface area contributed by atoms with E-state index in [0.29, 0.717) is 36.3 Å². The molecular formula is C19H21N3O3. The summed E-state index contributed by atoms with van der Waals surface area (Å²) in [4.78, 5) is 35.2. The Morgan fingerprint density at radius 1 is 0.760 bits per heavy atom. The van der Waals surface area contributed by atoms with Gasteiger partial charge in [-0.25, -0.2) is 0 Å². The number of hydrogen-bond acceptors (Lipinski definition) is 3. The van der Waals surface area contributed by atoms with Crippen LogP contribution in [0.3, 0.4) is 0 Å². The van der Waals surface area contributed by atoms with Crippen molar-refractivity contribution in [3.05, 3.63) is 65.7 Å². The topological polar surface area (TPSA) is 87.3 Å². The first-order valence-corrected chi connectivity index (χ1v) is 8.11. The molecule has 130 valence electrons. The maximum atomic E-state index is 12.0. The summed E-state index contributed by atoms with van der Waals surface area (Å²) in [5, 5.41) is 8.20. The number of benzene rings is 2. The molecule has 0 saturated carbocycles. The van der Waals surface area contributed by atoms with E-state index in [4.69, 9.17) is 0 Å². The molecule has 0 bridgehead atoms. The summed E-state index contributed by atoms with van der Waals surface area (Å²) in [6, 6.07) is 15.5. The average molecular weight is 339 g/mol. The van der Waals surface area contributed by atoms with Crippen molar-refractivity contribution >= 4 is 23.4 Å². The molecule has 0 saturated heterocycles. The van der Waals surface area contributed by atoms with E-state index < -0.39 is 0 Å². The largest absolute Gasteiger partial charge is 0.350 e. The Kier molecular flexibility index (Phi) is 6.71. The predicted octanol–water partition coefficient (Wildman–Crippen LogP) is 2.19. The van der Waals surface area contributed by atoms with Gasteiger partial charge in [0.15, 0.2) is 0 Å². The lowest BCUT2D eigenvalue weighted by molar-refractivity contribution is -0.115. The number of amides is 3. The quantitative estimate of drug-likeness (QED) is 0.676. The van der Waals surface area contributed by atoms with Crippen LogP contribution in [0.4, 0.5) is 5.69 Å². The normalized spacial score (nSPS) is 9.96. The van der Waals surface area contributed by atoms with Gasteiger partial charge in [0.1, 0.15) is 0 Å². The first-order valence-electron chi connectivity index (χ1n) is 8.11. The van der Waals surface area contributed by atoms with Crippen molar-refractivity contribution in [3.8, 4) is 0 Å². The first-order chi connectivity index (χ1) is 12.1. The Labute approximate surface area is 146 Å². The predicted molar refractivity (Wildman–Crippen MR) is 96.5 cm³/mol. The van der Waals surface area contributed by atoms with Crippen LogP contribution in [0.2, 0.25) is 0 Å². The molecule has 6 heteroatoms. The number of nitrogens with one attached hydrogen (secondary N) is 3. The van der Waals surface area contributed by atoms with Crippen molar-refractivity contribution in [2.45, 2.75) is 13.3 Å². The van der Waals surface area contributed by atoms with Crippen molar-refractivity contribution in [1.29, 1.82) is 0 Å². The molecule has 25 heavy (non-hydrogen) atoms. The fourth-order valence-corrected chi connectivity index (χ4v) is 2.10. The van der Waals surface area contributed by atoms with Gasteiger partial charge in [-0.3, -0.25) is 14.4 Å². The van der Waals surface area contributed by atoms with Crippen molar-refractivity contribution < 1.29 is 14.4 Å². The molecule has 0 atom stereocenters. The molecule has 0 aliphatic heterocycles. The molecular weight excluding hydrogens is 318 g/mol. The van der Waals surface area contributed by atoms with Crippen LogP contribution in [-0.4, -0.2) is 30.8 Å². The fraction of sp³-hybridized carbons (Fsp3) is 0.211. The maximum absolute atomic E-state index is 12.0. The van der Waals surface area contributed by atoms with Crippen LogP contribution < -0.4 is 16.0 Å². The van der Waals surface area contributed by atoms with Crippen molar-refractivity contribution in [2.75, 3.05) is 18.4 Å². The standard InChI is InChI=1S/C19H21N3O3/c1-2-17(23)22-16-10-8-15(9-11-16)19(25)21-13-12-20-18(24)14-6-4-3-5-7-14/h3-11H,2,12-13H2,1H3,(H,20,24)(H,21,25)(H,22,23). The highest BCUT2D eigenvalue weighted by atomic mass is 16.2. The van der Waals surface area contributed by atoms with E-state index in [1.54, 1.807) is 55.5 Å². The van der Waals surface area contributed by atoms with Crippen LogP contribution in [-0.2, 0) is 4.79 Å². The highest BCUT2D eigenvalue weighted by Gasteiger charge is 2.07. The lowest BCUT2D eigenvalue weighted by atomic mass is 10.2. The molecule has 6 nitrogen and oxygen atoms in total. The average Bonchev–Trinajstić information content (AvgIpc) is 2.66. The second-order valence-electron chi connectivity index (χ2n) is 5.36. The minimum atomic E-state index is -0.234. The Morgan fingerprint density at radius 3 is 1.80 bits per heavy atom. The molecule has 2 aromatic carbocycles. The van der Waals surface area contributed by atoms with Gasteiger partial charge in [0, 0.05) is 36.3 Å². The van der Waals surface area contributed by atoms with E-state index in [0.717, 1.165) is 0 Å². The van der Waals surface area contributed by atoms with E-state index in [9.17, 15) is 14.4 Å². The molecule has 0 spiro atoms. The number of carbonyl (C=O) groups is 3. The summed E-state index contributed by atoms with van der Waals surface area (Å²) < 4.78 is 0. The molecule has 0 radical (unpaired) electrons. The third-order valence-electron chi connectivity index (χ3n) is 3.48. The van der Waals surface area contributed by atoms with Gasteiger partial charge >= 0.3 is 0 Å². The van der Waals surface area contributed by atoms with Gasteiger partial charge in [0.2, 0.25) is 5.91 Å². The van der Waals surface area contributed by atoms with E-state index in [-0.39, 0.29) is 17.7 Å². The monoisotopic (exact) mass is 339 g/mol. The van der Waals surface area contributed by atoms with Gasteiger partial charge in [-0.15, -0.1) is 0 Å². The van der Waals surface area contributed by atoms with Crippen molar-refractivity contribution in [2.24, 2.45) is 0 Å². The fourth-order valence-electron chi connectivity index (χ4n) is 2.10. The number of anilines is 1. The zero-order valence-corrected chi connectivity index (χ0v) is 14.0. The third-order valence-corrected chi connectivity index (χ3v) is 3.48. The Balaban J connectivity index is 1.75. The lowest BCUT2D eigenvalue weighted by Crippen LogP contribution is -2.34. The SMILES string of the molecule is CCC(=O)Nc1ccc(C(=O)NCCNC(=O)c2ccccc2)cc1. The van der Waals surface area contributed by atoms with Gasteiger partial charge in [-0.05, 0) is 36.4 Å². The second kappa shape index (κ2) is 9.22. The zero-order valence-electron chi connectivity index (χ0n) is 14.0. The van der Waals surface area contributed by atoms with Gasteiger partial charge in [0.05, 0.1) is 0 Å². The number of carbonyl (C=O) groups excluding carboxylic acids is 3. The third kappa shape index (κ3) is 5.76. The van der Waals surface area contributed by atoms with E-state index in [1.165, 1.54) is 0 Å². The van der Waals surface area contributed by atoms with E-state index in [2.05, 4.69) is 16.0 Å². The van der Waals surface area contributed by atoms with Crippen LogP contribution in [0.25, 0.3) is 0 Å². The smallest absolute Gasteiger partial charge is 0.251 e. The lowest BCUT2D eigenvalue weighted by Gasteiger charge is -2.08. The number of hydrogen-bond donors (Lipinski definition) is 3. The Morgan fingerprint density at radius 2 is 1.28 bits per heavy atom. The van der Waals surface area contributed by atoms with Gasteiger partial charge in [0.25, 0.3) is 11.8 Å². The summed E-state index contributed by atoms with van der Waals surface area (Å²) >= 11 is 0. The molecule has 0 aliphatic rings. The Hall–Kier alpha value is -3.15. The van der Waals surface area contributed by atoms with Gasteiger partial charge < -0.3 is 16.0 Å². The molecule has 0 unspecified atom stereocenters. The van der Waals surface area contributed by atoms with Gasteiger partial charge in [-0.1, -0.05) is 25.1 Å². The highest BCUT2D eigenvalue weighted by molar-refractivity contribution is 5.96. The summed E-state index contributed by atoms with van der Waals surface area (Å²) in [7, 11) is 0. The molecule has 2 rings (SSSR count).